The largest absolute Gasteiger partial charge is 0.352 e. The highest BCUT2D eigenvalue weighted by atomic mass is 79.9. The van der Waals surface area contributed by atoms with Crippen molar-refractivity contribution in [3.63, 3.8) is 0 Å². The van der Waals surface area contributed by atoms with Gasteiger partial charge in [-0.1, -0.05) is 35.8 Å². The molecule has 0 spiro atoms. The summed E-state index contributed by atoms with van der Waals surface area (Å²) in [5, 5.41) is 4.16. The van der Waals surface area contributed by atoms with Crippen LogP contribution >= 0.6 is 15.9 Å². The Hall–Kier alpha value is -1.29. The fourth-order valence-corrected chi connectivity index (χ4v) is 2.43. The molecule has 2 aromatic rings. The molecule has 102 valence electrons. The van der Waals surface area contributed by atoms with Gasteiger partial charge in [-0.3, -0.25) is 4.79 Å². The van der Waals surface area contributed by atoms with Gasteiger partial charge in [-0.05, 0) is 31.0 Å². The number of carbonyl (C=O) groups is 1. The summed E-state index contributed by atoms with van der Waals surface area (Å²) in [7, 11) is 0. The molecule has 3 nitrogen and oxygen atoms in total. The fourth-order valence-electron chi connectivity index (χ4n) is 1.94. The standard InChI is InChI=1S/C15H19BrN2O/c1-10(2)11(3)17-15(19)9-18-8-7-12-13(16)5-4-6-14(12)18/h4-8,10-11H,9H2,1-3H3,(H,17,19). The summed E-state index contributed by atoms with van der Waals surface area (Å²) < 4.78 is 3.03. The summed E-state index contributed by atoms with van der Waals surface area (Å²) in [6.07, 6.45) is 1.95. The molecule has 0 aliphatic carbocycles. The normalized spacial score (nSPS) is 12.9. The monoisotopic (exact) mass is 322 g/mol. The first-order chi connectivity index (χ1) is 8.99. The molecule has 1 atom stereocenters. The van der Waals surface area contributed by atoms with Crippen LogP contribution in [0.5, 0.6) is 0 Å². The SMILES string of the molecule is CC(C)C(C)NC(=O)Cn1ccc2c(Br)cccc21. The van der Waals surface area contributed by atoms with Crippen molar-refractivity contribution in [3.8, 4) is 0 Å². The lowest BCUT2D eigenvalue weighted by atomic mass is 10.1. The first-order valence-electron chi connectivity index (χ1n) is 6.51. The fraction of sp³-hybridized carbons (Fsp3) is 0.400. The van der Waals surface area contributed by atoms with Crippen molar-refractivity contribution >= 4 is 32.7 Å². The number of fused-ring (bicyclic) bond motifs is 1. The van der Waals surface area contributed by atoms with E-state index in [2.05, 4.69) is 35.1 Å². The van der Waals surface area contributed by atoms with E-state index in [1.54, 1.807) is 0 Å². The lowest BCUT2D eigenvalue weighted by Gasteiger charge is -2.17. The van der Waals surface area contributed by atoms with Crippen LogP contribution in [0, 0.1) is 5.92 Å². The number of rotatable bonds is 4. The minimum atomic E-state index is 0.0543. The van der Waals surface area contributed by atoms with E-state index in [1.165, 1.54) is 0 Å². The molecule has 0 saturated carbocycles. The van der Waals surface area contributed by atoms with E-state index in [1.807, 2.05) is 42.0 Å². The highest BCUT2D eigenvalue weighted by Crippen LogP contribution is 2.24. The molecule has 1 N–H and O–H groups in total. The Morgan fingerprint density at radius 2 is 2.05 bits per heavy atom. The lowest BCUT2D eigenvalue weighted by Crippen LogP contribution is -2.38. The molecule has 0 bridgehead atoms. The van der Waals surface area contributed by atoms with E-state index in [0.29, 0.717) is 12.5 Å². The smallest absolute Gasteiger partial charge is 0.240 e. The van der Waals surface area contributed by atoms with E-state index >= 15 is 0 Å². The Morgan fingerprint density at radius 1 is 1.32 bits per heavy atom. The maximum atomic E-state index is 12.0. The third-order valence-corrected chi connectivity index (χ3v) is 4.15. The van der Waals surface area contributed by atoms with Gasteiger partial charge in [-0.15, -0.1) is 0 Å². The van der Waals surface area contributed by atoms with Gasteiger partial charge in [0.05, 0.1) is 0 Å². The molecule has 4 heteroatoms. The van der Waals surface area contributed by atoms with Crippen LogP contribution in [0.1, 0.15) is 20.8 Å². The van der Waals surface area contributed by atoms with Crippen molar-refractivity contribution in [1.29, 1.82) is 0 Å². The molecule has 1 unspecified atom stereocenters. The van der Waals surface area contributed by atoms with Gasteiger partial charge in [0, 0.05) is 27.6 Å². The maximum absolute atomic E-state index is 12.0. The number of nitrogens with zero attached hydrogens (tertiary/aromatic N) is 1. The van der Waals surface area contributed by atoms with E-state index in [4.69, 9.17) is 0 Å². The summed E-state index contributed by atoms with van der Waals surface area (Å²) in [6, 6.07) is 8.24. The summed E-state index contributed by atoms with van der Waals surface area (Å²) in [5.41, 5.74) is 1.07. The van der Waals surface area contributed by atoms with Gasteiger partial charge >= 0.3 is 0 Å². The second-order valence-electron chi connectivity index (χ2n) is 5.22. The van der Waals surface area contributed by atoms with Crippen LogP contribution in [0.3, 0.4) is 0 Å². The number of hydrogen-bond donors (Lipinski definition) is 1. The molecule has 0 fully saturated rings. The van der Waals surface area contributed by atoms with Crippen molar-refractivity contribution in [2.24, 2.45) is 5.92 Å². The number of benzene rings is 1. The second kappa shape index (κ2) is 5.78. The first kappa shape index (κ1) is 14.1. The summed E-state index contributed by atoms with van der Waals surface area (Å²) in [5.74, 6) is 0.498. The third-order valence-electron chi connectivity index (χ3n) is 3.46. The van der Waals surface area contributed by atoms with Gasteiger partial charge in [0.2, 0.25) is 5.91 Å². The number of amides is 1. The van der Waals surface area contributed by atoms with Crippen LogP contribution in [0.4, 0.5) is 0 Å². The van der Waals surface area contributed by atoms with Crippen LogP contribution in [0.2, 0.25) is 0 Å². The molecule has 1 amide bonds. The zero-order valence-electron chi connectivity index (χ0n) is 11.5. The quantitative estimate of drug-likeness (QED) is 0.917. The molecule has 0 aliphatic rings. The topological polar surface area (TPSA) is 34.0 Å². The molecular weight excluding hydrogens is 304 g/mol. The minimum absolute atomic E-state index is 0.0543. The van der Waals surface area contributed by atoms with Gasteiger partial charge in [-0.2, -0.15) is 0 Å². The number of nitrogens with one attached hydrogen (secondary N) is 1. The van der Waals surface area contributed by atoms with E-state index < -0.39 is 0 Å². The Balaban J connectivity index is 2.14. The molecule has 2 rings (SSSR count). The van der Waals surface area contributed by atoms with Gasteiger partial charge in [0.25, 0.3) is 0 Å². The predicted octanol–water partition coefficient (Wildman–Crippen LogP) is 3.56. The number of carbonyl (C=O) groups excluding carboxylic acids is 1. The molecule has 1 aromatic heterocycles. The van der Waals surface area contributed by atoms with Crippen molar-refractivity contribution in [2.75, 3.05) is 0 Å². The molecule has 1 heterocycles. The molecule has 1 aromatic carbocycles. The number of aromatic nitrogens is 1. The van der Waals surface area contributed by atoms with Crippen molar-refractivity contribution in [3.05, 3.63) is 34.9 Å². The van der Waals surface area contributed by atoms with Gasteiger partial charge in [0.1, 0.15) is 6.54 Å². The van der Waals surface area contributed by atoms with E-state index in [-0.39, 0.29) is 11.9 Å². The highest BCUT2D eigenvalue weighted by molar-refractivity contribution is 9.10. The maximum Gasteiger partial charge on any atom is 0.240 e. The molecule has 0 aliphatic heterocycles. The van der Waals surface area contributed by atoms with Gasteiger partial charge in [-0.25, -0.2) is 0 Å². The van der Waals surface area contributed by atoms with Crippen LogP contribution < -0.4 is 5.32 Å². The van der Waals surface area contributed by atoms with Gasteiger partial charge < -0.3 is 9.88 Å². The Bertz CT molecular complexity index is 589. The average molecular weight is 323 g/mol. The van der Waals surface area contributed by atoms with Crippen LogP contribution in [0.15, 0.2) is 34.9 Å². The average Bonchev–Trinajstić information content (AvgIpc) is 2.73. The van der Waals surface area contributed by atoms with Crippen molar-refractivity contribution in [2.45, 2.75) is 33.4 Å². The summed E-state index contributed by atoms with van der Waals surface area (Å²) in [6.45, 7) is 6.60. The van der Waals surface area contributed by atoms with Gasteiger partial charge in [0.15, 0.2) is 0 Å². The Labute approximate surface area is 122 Å². The molecule has 19 heavy (non-hydrogen) atoms. The van der Waals surface area contributed by atoms with Crippen LogP contribution in [-0.2, 0) is 11.3 Å². The van der Waals surface area contributed by atoms with Crippen LogP contribution in [0.25, 0.3) is 10.9 Å². The lowest BCUT2D eigenvalue weighted by molar-refractivity contribution is -0.122. The first-order valence-corrected chi connectivity index (χ1v) is 7.31. The number of hydrogen-bond acceptors (Lipinski definition) is 1. The van der Waals surface area contributed by atoms with Crippen molar-refractivity contribution < 1.29 is 4.79 Å². The van der Waals surface area contributed by atoms with E-state index in [9.17, 15) is 4.79 Å². The molecule has 0 radical (unpaired) electrons. The summed E-state index contributed by atoms with van der Waals surface area (Å²) >= 11 is 3.52. The Morgan fingerprint density at radius 3 is 2.74 bits per heavy atom. The Kier molecular flexibility index (Phi) is 4.30. The molecular formula is C15H19BrN2O. The third kappa shape index (κ3) is 3.18. The zero-order valence-corrected chi connectivity index (χ0v) is 13.1. The number of halogens is 1. The van der Waals surface area contributed by atoms with Crippen molar-refractivity contribution in [1.82, 2.24) is 9.88 Å². The molecule has 0 saturated heterocycles. The van der Waals surface area contributed by atoms with E-state index in [0.717, 1.165) is 15.4 Å². The predicted molar refractivity (Wildman–Crippen MR) is 82.1 cm³/mol. The highest BCUT2D eigenvalue weighted by Gasteiger charge is 2.12. The zero-order chi connectivity index (χ0) is 14.0. The van der Waals surface area contributed by atoms with Crippen LogP contribution in [-0.4, -0.2) is 16.5 Å². The summed E-state index contributed by atoms with van der Waals surface area (Å²) in [4.78, 5) is 12.0. The second-order valence-corrected chi connectivity index (χ2v) is 6.07. The minimum Gasteiger partial charge on any atom is -0.352 e.